The molecule has 0 fully saturated rings. The highest BCUT2D eigenvalue weighted by atomic mass is 16.3. The predicted molar refractivity (Wildman–Crippen MR) is 80.3 cm³/mol. The maximum Gasteiger partial charge on any atom is 0.223 e. The summed E-state index contributed by atoms with van der Waals surface area (Å²) in [5.41, 5.74) is 0.448. The van der Waals surface area contributed by atoms with Gasteiger partial charge in [0, 0.05) is 37.9 Å². The first kappa shape index (κ1) is 17.6. The van der Waals surface area contributed by atoms with Crippen LogP contribution in [-0.2, 0) is 19.7 Å². The molecule has 0 atom stereocenters. The van der Waals surface area contributed by atoms with Crippen molar-refractivity contribution in [3.63, 3.8) is 0 Å². The van der Waals surface area contributed by atoms with Crippen LogP contribution >= 0.6 is 0 Å². The van der Waals surface area contributed by atoms with Crippen molar-refractivity contribution in [1.29, 1.82) is 0 Å². The van der Waals surface area contributed by atoms with E-state index >= 15 is 0 Å². The molecule has 1 aromatic rings. The van der Waals surface area contributed by atoms with Crippen molar-refractivity contribution >= 4 is 0 Å². The monoisotopic (exact) mass is 299 g/mol. The van der Waals surface area contributed by atoms with Crippen molar-refractivity contribution < 1.29 is 15.3 Å². The molecule has 0 aromatic carbocycles. The highest BCUT2D eigenvalue weighted by Gasteiger charge is 2.16. The standard InChI is InChI=1S/C14H25N3O4/c1-15(2)4-5-17-11(10-19)8-13(20)14(21)12(17)9-16(3)6-7-18/h8,18-19,21H,4-7,9-10H2,1-3H3. The van der Waals surface area contributed by atoms with Gasteiger partial charge in [-0.05, 0) is 21.1 Å². The van der Waals surface area contributed by atoms with Crippen LogP contribution in [0, 0.1) is 0 Å². The number of aliphatic hydroxyl groups is 2. The lowest BCUT2D eigenvalue weighted by molar-refractivity contribution is 0.209. The van der Waals surface area contributed by atoms with E-state index in [2.05, 4.69) is 0 Å². The Labute approximate surface area is 124 Å². The first-order valence-electron chi connectivity index (χ1n) is 6.90. The minimum Gasteiger partial charge on any atom is -0.503 e. The Balaban J connectivity index is 3.21. The molecule has 1 aromatic heterocycles. The van der Waals surface area contributed by atoms with E-state index < -0.39 is 5.43 Å². The number of hydrogen-bond acceptors (Lipinski definition) is 6. The maximum absolute atomic E-state index is 11.8. The van der Waals surface area contributed by atoms with E-state index in [9.17, 15) is 15.0 Å². The largest absolute Gasteiger partial charge is 0.503 e. The van der Waals surface area contributed by atoms with E-state index in [1.807, 2.05) is 23.9 Å². The molecule has 0 amide bonds. The molecule has 0 unspecified atom stereocenters. The highest BCUT2D eigenvalue weighted by Crippen LogP contribution is 2.17. The molecule has 0 saturated heterocycles. The Hall–Kier alpha value is -1.41. The number of hydrogen-bond donors (Lipinski definition) is 3. The van der Waals surface area contributed by atoms with E-state index in [-0.39, 0.29) is 19.0 Å². The molecular formula is C14H25N3O4. The van der Waals surface area contributed by atoms with Crippen LogP contribution in [0.5, 0.6) is 5.75 Å². The fraction of sp³-hybridized carbons (Fsp3) is 0.643. The number of pyridine rings is 1. The zero-order valence-electron chi connectivity index (χ0n) is 12.9. The molecule has 0 aliphatic carbocycles. The summed E-state index contributed by atoms with van der Waals surface area (Å²) >= 11 is 0. The molecule has 7 heteroatoms. The van der Waals surface area contributed by atoms with Gasteiger partial charge in [-0.15, -0.1) is 0 Å². The van der Waals surface area contributed by atoms with Crippen LogP contribution in [-0.4, -0.2) is 70.5 Å². The molecule has 0 saturated carbocycles. The van der Waals surface area contributed by atoms with Crippen LogP contribution in [0.3, 0.4) is 0 Å². The Morgan fingerprint density at radius 3 is 2.38 bits per heavy atom. The molecule has 21 heavy (non-hydrogen) atoms. The Morgan fingerprint density at radius 1 is 1.19 bits per heavy atom. The highest BCUT2D eigenvalue weighted by molar-refractivity contribution is 5.30. The number of nitrogens with zero attached hydrogens (tertiary/aromatic N) is 3. The van der Waals surface area contributed by atoms with Gasteiger partial charge < -0.3 is 24.8 Å². The third kappa shape index (κ3) is 4.82. The van der Waals surface area contributed by atoms with E-state index in [0.717, 1.165) is 0 Å². The van der Waals surface area contributed by atoms with Crippen molar-refractivity contribution in [2.24, 2.45) is 0 Å². The molecule has 120 valence electrons. The van der Waals surface area contributed by atoms with Crippen LogP contribution in [0.2, 0.25) is 0 Å². The van der Waals surface area contributed by atoms with Crippen molar-refractivity contribution in [3.05, 3.63) is 27.7 Å². The smallest absolute Gasteiger partial charge is 0.223 e. The van der Waals surface area contributed by atoms with Gasteiger partial charge >= 0.3 is 0 Å². The van der Waals surface area contributed by atoms with Crippen LogP contribution in [0.25, 0.3) is 0 Å². The molecule has 0 aliphatic rings. The lowest BCUT2D eigenvalue weighted by Crippen LogP contribution is -2.29. The molecule has 0 bridgehead atoms. The summed E-state index contributed by atoms with van der Waals surface area (Å²) in [5, 5.41) is 28.5. The summed E-state index contributed by atoms with van der Waals surface area (Å²) in [5.74, 6) is -0.296. The van der Waals surface area contributed by atoms with Crippen LogP contribution in [0.4, 0.5) is 0 Å². The van der Waals surface area contributed by atoms with Gasteiger partial charge in [-0.3, -0.25) is 9.69 Å². The third-order valence-electron chi connectivity index (χ3n) is 3.31. The molecule has 0 spiro atoms. The first-order chi connectivity index (χ1) is 9.90. The van der Waals surface area contributed by atoms with Crippen molar-refractivity contribution in [2.75, 3.05) is 40.8 Å². The molecule has 7 nitrogen and oxygen atoms in total. The maximum atomic E-state index is 11.8. The second kappa shape index (κ2) is 8.14. The summed E-state index contributed by atoms with van der Waals surface area (Å²) in [4.78, 5) is 15.6. The lowest BCUT2D eigenvalue weighted by Gasteiger charge is -2.23. The Kier molecular flexibility index (Phi) is 6.83. The molecule has 0 radical (unpaired) electrons. The number of aromatic hydroxyl groups is 1. The Bertz CT molecular complexity index is 514. The van der Waals surface area contributed by atoms with Crippen molar-refractivity contribution in [3.8, 4) is 5.75 Å². The molecular weight excluding hydrogens is 274 g/mol. The summed E-state index contributed by atoms with van der Waals surface area (Å²) in [7, 11) is 5.65. The second-order valence-electron chi connectivity index (χ2n) is 5.37. The minimum absolute atomic E-state index is 0.00111. The predicted octanol–water partition coefficient (Wildman–Crippen LogP) is -0.968. The Morgan fingerprint density at radius 2 is 1.86 bits per heavy atom. The van der Waals surface area contributed by atoms with Crippen LogP contribution in [0.1, 0.15) is 11.4 Å². The summed E-state index contributed by atoms with van der Waals surface area (Å²) in [6.45, 7) is 1.76. The average Bonchev–Trinajstić information content (AvgIpc) is 2.42. The van der Waals surface area contributed by atoms with Gasteiger partial charge in [-0.2, -0.15) is 0 Å². The van der Waals surface area contributed by atoms with Crippen LogP contribution < -0.4 is 5.43 Å². The minimum atomic E-state index is -0.493. The number of rotatable bonds is 8. The number of aromatic nitrogens is 1. The quantitative estimate of drug-likeness (QED) is 0.572. The van der Waals surface area contributed by atoms with Gasteiger partial charge in [-0.1, -0.05) is 0 Å². The second-order valence-corrected chi connectivity index (χ2v) is 5.37. The summed E-state index contributed by atoms with van der Waals surface area (Å²) in [6, 6.07) is 1.26. The van der Waals surface area contributed by atoms with Gasteiger partial charge in [-0.25, -0.2) is 0 Å². The van der Waals surface area contributed by atoms with Crippen molar-refractivity contribution in [2.45, 2.75) is 19.7 Å². The molecule has 0 aliphatic heterocycles. The zero-order chi connectivity index (χ0) is 16.0. The normalized spacial score (nSPS) is 11.6. The van der Waals surface area contributed by atoms with Gasteiger partial charge in [0.1, 0.15) is 0 Å². The lowest BCUT2D eigenvalue weighted by atomic mass is 10.2. The number of aliphatic hydroxyl groups excluding tert-OH is 2. The zero-order valence-corrected chi connectivity index (χ0v) is 12.9. The van der Waals surface area contributed by atoms with E-state index in [1.54, 1.807) is 11.6 Å². The van der Waals surface area contributed by atoms with Crippen LogP contribution in [0.15, 0.2) is 10.9 Å². The average molecular weight is 299 g/mol. The van der Waals surface area contributed by atoms with Gasteiger partial charge in [0.15, 0.2) is 5.75 Å². The SMILES string of the molecule is CN(C)CCn1c(CO)cc(=O)c(O)c1CN(C)CCO. The molecule has 1 rings (SSSR count). The van der Waals surface area contributed by atoms with Crippen molar-refractivity contribution in [1.82, 2.24) is 14.4 Å². The van der Waals surface area contributed by atoms with Gasteiger partial charge in [0.2, 0.25) is 5.43 Å². The van der Waals surface area contributed by atoms with E-state index in [1.165, 1.54) is 6.07 Å². The van der Waals surface area contributed by atoms with E-state index in [4.69, 9.17) is 5.11 Å². The fourth-order valence-electron chi connectivity index (χ4n) is 2.12. The fourth-order valence-corrected chi connectivity index (χ4v) is 2.12. The van der Waals surface area contributed by atoms with E-state index in [0.29, 0.717) is 37.6 Å². The third-order valence-corrected chi connectivity index (χ3v) is 3.31. The van der Waals surface area contributed by atoms with Gasteiger partial charge in [0.05, 0.1) is 18.9 Å². The first-order valence-corrected chi connectivity index (χ1v) is 6.90. The molecule has 3 N–H and O–H groups in total. The van der Waals surface area contributed by atoms with Gasteiger partial charge in [0.25, 0.3) is 0 Å². The summed E-state index contributed by atoms with van der Waals surface area (Å²) in [6.07, 6.45) is 0. The topological polar surface area (TPSA) is 89.2 Å². The number of likely N-dealkylation sites (N-methyl/N-ethyl adjacent to an activating group) is 2. The summed E-state index contributed by atoms with van der Waals surface area (Å²) < 4.78 is 1.77. The molecule has 1 heterocycles.